The van der Waals surface area contributed by atoms with Gasteiger partial charge in [-0.1, -0.05) is 54.1 Å². The van der Waals surface area contributed by atoms with Gasteiger partial charge in [0.25, 0.3) is 5.91 Å². The van der Waals surface area contributed by atoms with Crippen LogP contribution in [0.15, 0.2) is 77.7 Å². The lowest BCUT2D eigenvalue weighted by molar-refractivity contribution is 0.0951. The van der Waals surface area contributed by atoms with Gasteiger partial charge in [0.1, 0.15) is 12.4 Å². The maximum absolute atomic E-state index is 12.4. The molecule has 29 heavy (non-hydrogen) atoms. The Labute approximate surface area is 175 Å². The van der Waals surface area contributed by atoms with Crippen LogP contribution in [-0.4, -0.2) is 20.6 Å². The molecule has 150 valence electrons. The van der Waals surface area contributed by atoms with E-state index < -0.39 is 15.7 Å². The van der Waals surface area contributed by atoms with E-state index in [2.05, 4.69) is 5.32 Å². The second-order valence-corrected chi connectivity index (χ2v) is 8.94. The number of rotatable bonds is 7. The quantitative estimate of drug-likeness (QED) is 0.609. The molecule has 7 heteroatoms. The van der Waals surface area contributed by atoms with E-state index in [-0.39, 0.29) is 22.0 Å². The number of ether oxygens (including phenoxy) is 1. The highest BCUT2D eigenvalue weighted by atomic mass is 35.5. The molecule has 0 bridgehead atoms. The average molecular weight is 430 g/mol. The molecule has 0 aliphatic rings. The molecule has 0 atom stereocenters. The molecule has 1 amide bonds. The van der Waals surface area contributed by atoms with Crippen LogP contribution in [0.5, 0.6) is 5.75 Å². The van der Waals surface area contributed by atoms with Crippen molar-refractivity contribution in [3.8, 4) is 5.75 Å². The maximum atomic E-state index is 12.4. The van der Waals surface area contributed by atoms with Gasteiger partial charge in [0.2, 0.25) is 0 Å². The summed E-state index contributed by atoms with van der Waals surface area (Å²) in [5.74, 6) is 0.290. The average Bonchev–Trinajstić information content (AvgIpc) is 2.71. The van der Waals surface area contributed by atoms with Crippen molar-refractivity contribution in [2.24, 2.45) is 0 Å². The number of halogens is 1. The Hall–Kier alpha value is -2.83. The van der Waals surface area contributed by atoms with Crippen LogP contribution >= 0.6 is 11.6 Å². The molecule has 1 N–H and O–H groups in total. The molecule has 0 fully saturated rings. The lowest BCUT2D eigenvalue weighted by Gasteiger charge is -2.10. The summed E-state index contributed by atoms with van der Waals surface area (Å²) in [6.45, 7) is 0.753. The van der Waals surface area contributed by atoms with Gasteiger partial charge in [-0.15, -0.1) is 0 Å². The number of benzene rings is 3. The molecule has 0 unspecified atom stereocenters. The molecule has 0 aliphatic carbocycles. The minimum Gasteiger partial charge on any atom is -0.489 e. The predicted molar refractivity (Wildman–Crippen MR) is 113 cm³/mol. The third-order valence-corrected chi connectivity index (χ3v) is 5.68. The standard InChI is InChI=1S/C22H20ClNO4S/c1-29(26,27)19-11-12-21(23)20(13-19)22(25)24-14-16-7-9-18(10-8-16)28-15-17-5-3-2-4-6-17/h2-13H,14-15H2,1H3,(H,24,25). The third kappa shape index (κ3) is 5.82. The maximum Gasteiger partial charge on any atom is 0.253 e. The molecule has 3 rings (SSSR count). The lowest BCUT2D eigenvalue weighted by atomic mass is 10.2. The molecule has 0 aliphatic heterocycles. The van der Waals surface area contributed by atoms with Gasteiger partial charge in [0, 0.05) is 12.8 Å². The SMILES string of the molecule is CS(=O)(=O)c1ccc(Cl)c(C(=O)NCc2ccc(OCc3ccccc3)cc2)c1. The van der Waals surface area contributed by atoms with Crippen molar-refractivity contribution in [2.75, 3.05) is 6.26 Å². The van der Waals surface area contributed by atoms with E-state index in [9.17, 15) is 13.2 Å². The number of hydrogen-bond acceptors (Lipinski definition) is 4. The highest BCUT2D eigenvalue weighted by Crippen LogP contribution is 2.21. The number of carbonyl (C=O) groups excluding carboxylic acids is 1. The highest BCUT2D eigenvalue weighted by Gasteiger charge is 2.15. The Kier molecular flexibility index (Phi) is 6.56. The molecule has 0 spiro atoms. The van der Waals surface area contributed by atoms with E-state index >= 15 is 0 Å². The molecule has 3 aromatic rings. The van der Waals surface area contributed by atoms with Crippen molar-refractivity contribution < 1.29 is 17.9 Å². The number of sulfone groups is 1. The summed E-state index contributed by atoms with van der Waals surface area (Å²) in [6.07, 6.45) is 1.08. The second-order valence-electron chi connectivity index (χ2n) is 6.51. The third-order valence-electron chi connectivity index (χ3n) is 4.24. The van der Waals surface area contributed by atoms with Gasteiger partial charge in [-0.2, -0.15) is 0 Å². The van der Waals surface area contributed by atoms with Crippen molar-refractivity contribution in [1.29, 1.82) is 0 Å². The molecule has 0 radical (unpaired) electrons. The Bertz CT molecular complexity index is 1100. The van der Waals surface area contributed by atoms with Crippen LogP contribution in [0.3, 0.4) is 0 Å². The van der Waals surface area contributed by atoms with Crippen LogP contribution in [0.1, 0.15) is 21.5 Å². The first-order valence-electron chi connectivity index (χ1n) is 8.86. The smallest absolute Gasteiger partial charge is 0.253 e. The van der Waals surface area contributed by atoms with Crippen molar-refractivity contribution in [3.63, 3.8) is 0 Å². The van der Waals surface area contributed by atoms with Crippen molar-refractivity contribution in [2.45, 2.75) is 18.0 Å². The molecule has 0 saturated heterocycles. The van der Waals surface area contributed by atoms with Gasteiger partial charge in [0.05, 0.1) is 15.5 Å². The Balaban J connectivity index is 1.59. The minimum atomic E-state index is -3.43. The monoisotopic (exact) mass is 429 g/mol. The predicted octanol–water partition coefficient (Wildman–Crippen LogP) is 4.25. The fourth-order valence-corrected chi connectivity index (χ4v) is 3.48. The molecule has 3 aromatic carbocycles. The molecule has 0 aromatic heterocycles. The molecular formula is C22H20ClNO4S. The fourth-order valence-electron chi connectivity index (χ4n) is 2.63. The molecule has 0 saturated carbocycles. The van der Waals surface area contributed by atoms with Crippen molar-refractivity contribution in [1.82, 2.24) is 5.32 Å². The summed E-state index contributed by atoms with van der Waals surface area (Å²) < 4.78 is 29.1. The molecule has 0 heterocycles. The Morgan fingerprint density at radius 3 is 2.31 bits per heavy atom. The van der Waals surface area contributed by atoms with E-state index in [1.807, 2.05) is 54.6 Å². The van der Waals surface area contributed by atoms with E-state index in [1.165, 1.54) is 18.2 Å². The lowest BCUT2D eigenvalue weighted by Crippen LogP contribution is -2.23. The van der Waals surface area contributed by atoms with E-state index in [0.29, 0.717) is 6.61 Å². The van der Waals surface area contributed by atoms with Crippen molar-refractivity contribution in [3.05, 3.63) is 94.5 Å². The topological polar surface area (TPSA) is 72.5 Å². The summed E-state index contributed by atoms with van der Waals surface area (Å²) in [6, 6.07) is 21.3. The molecular weight excluding hydrogens is 410 g/mol. The van der Waals surface area contributed by atoms with Gasteiger partial charge in [-0.05, 0) is 41.5 Å². The fraction of sp³-hybridized carbons (Fsp3) is 0.136. The van der Waals surface area contributed by atoms with Gasteiger partial charge in [0.15, 0.2) is 9.84 Å². The minimum absolute atomic E-state index is 0.0481. The number of nitrogens with one attached hydrogen (secondary N) is 1. The van der Waals surface area contributed by atoms with Crippen LogP contribution in [0, 0.1) is 0 Å². The number of carbonyl (C=O) groups is 1. The number of amides is 1. The van der Waals surface area contributed by atoms with E-state index in [0.717, 1.165) is 23.1 Å². The highest BCUT2D eigenvalue weighted by molar-refractivity contribution is 7.90. The van der Waals surface area contributed by atoms with Gasteiger partial charge < -0.3 is 10.1 Å². The van der Waals surface area contributed by atoms with Gasteiger partial charge in [-0.25, -0.2) is 8.42 Å². The van der Waals surface area contributed by atoms with Crippen molar-refractivity contribution >= 4 is 27.3 Å². The molecule has 5 nitrogen and oxygen atoms in total. The first-order valence-corrected chi connectivity index (χ1v) is 11.1. The number of hydrogen-bond donors (Lipinski definition) is 1. The first-order chi connectivity index (χ1) is 13.8. The van der Waals surface area contributed by atoms with Gasteiger partial charge in [-0.3, -0.25) is 4.79 Å². The van der Waals surface area contributed by atoms with Gasteiger partial charge >= 0.3 is 0 Å². The summed E-state index contributed by atoms with van der Waals surface area (Å²) >= 11 is 6.06. The summed E-state index contributed by atoms with van der Waals surface area (Å²) in [4.78, 5) is 12.5. The summed E-state index contributed by atoms with van der Waals surface area (Å²) in [5.41, 5.74) is 2.08. The van der Waals surface area contributed by atoms with Crippen LogP contribution in [-0.2, 0) is 23.0 Å². The van der Waals surface area contributed by atoms with E-state index in [4.69, 9.17) is 16.3 Å². The zero-order valence-electron chi connectivity index (χ0n) is 15.8. The zero-order chi connectivity index (χ0) is 20.9. The second kappa shape index (κ2) is 9.11. The Morgan fingerprint density at radius 2 is 1.66 bits per heavy atom. The van der Waals surface area contributed by atoms with Crippen LogP contribution in [0.25, 0.3) is 0 Å². The zero-order valence-corrected chi connectivity index (χ0v) is 17.3. The van der Waals surface area contributed by atoms with Crippen LogP contribution in [0.4, 0.5) is 0 Å². The largest absolute Gasteiger partial charge is 0.489 e. The summed E-state index contributed by atoms with van der Waals surface area (Å²) in [5, 5.41) is 2.95. The normalized spacial score (nSPS) is 11.1. The van der Waals surface area contributed by atoms with Crippen LogP contribution < -0.4 is 10.1 Å². The Morgan fingerprint density at radius 1 is 0.966 bits per heavy atom. The van der Waals surface area contributed by atoms with Crippen LogP contribution in [0.2, 0.25) is 5.02 Å². The van der Waals surface area contributed by atoms with E-state index in [1.54, 1.807) is 0 Å². The first kappa shape index (κ1) is 20.9. The summed E-state index contributed by atoms with van der Waals surface area (Å²) in [7, 11) is -3.43.